The second-order valence-corrected chi connectivity index (χ2v) is 5.41. The van der Waals surface area contributed by atoms with Gasteiger partial charge in [-0.3, -0.25) is 4.72 Å². The molecule has 0 aromatic rings. The van der Waals surface area contributed by atoms with E-state index >= 15 is 0 Å². The summed E-state index contributed by atoms with van der Waals surface area (Å²) in [6, 6.07) is -0.487. The molecule has 7 N–H and O–H groups in total. The molecule has 1 aliphatic heterocycles. The maximum atomic E-state index is 11.5. The van der Waals surface area contributed by atoms with Gasteiger partial charge in [-0.05, 0) is 11.9 Å². The van der Waals surface area contributed by atoms with Crippen molar-refractivity contribution in [3.63, 3.8) is 0 Å². The SMILES string of the molecule is C=CCSNC(=O)NCC1(CO)NCC(O)C(O)C1O. The van der Waals surface area contributed by atoms with Gasteiger partial charge in [0.25, 0.3) is 0 Å². The largest absolute Gasteiger partial charge is 0.394 e. The third kappa shape index (κ3) is 4.08. The lowest BCUT2D eigenvalue weighted by Crippen LogP contribution is -2.73. The summed E-state index contributed by atoms with van der Waals surface area (Å²) in [6.07, 6.45) is -2.29. The Labute approximate surface area is 121 Å². The third-order valence-corrected chi connectivity index (χ3v) is 3.89. The van der Waals surface area contributed by atoms with Crippen LogP contribution in [-0.4, -0.2) is 75.8 Å². The zero-order valence-corrected chi connectivity index (χ0v) is 11.8. The van der Waals surface area contributed by atoms with E-state index in [2.05, 4.69) is 21.9 Å². The molecular weight excluding hydrogens is 286 g/mol. The molecule has 4 atom stereocenters. The number of β-amino-alcohol motifs (C(OH)–C–C–N with tert-alkyl or cyclic N) is 1. The van der Waals surface area contributed by atoms with E-state index in [1.54, 1.807) is 6.08 Å². The second kappa shape index (κ2) is 7.81. The fourth-order valence-electron chi connectivity index (χ4n) is 1.88. The fraction of sp³-hybridized carbons (Fsp3) is 0.727. The van der Waals surface area contributed by atoms with Crippen molar-refractivity contribution in [1.29, 1.82) is 0 Å². The van der Waals surface area contributed by atoms with Crippen LogP contribution < -0.4 is 15.4 Å². The average molecular weight is 307 g/mol. The van der Waals surface area contributed by atoms with E-state index in [9.17, 15) is 25.2 Å². The monoisotopic (exact) mass is 307 g/mol. The number of hydrogen-bond acceptors (Lipinski definition) is 7. The molecule has 0 aromatic carbocycles. The summed E-state index contributed by atoms with van der Waals surface area (Å²) >= 11 is 1.14. The van der Waals surface area contributed by atoms with Gasteiger partial charge in [0.2, 0.25) is 0 Å². The van der Waals surface area contributed by atoms with E-state index in [0.29, 0.717) is 5.75 Å². The van der Waals surface area contributed by atoms with Crippen LogP contribution in [0.3, 0.4) is 0 Å². The van der Waals surface area contributed by atoms with Gasteiger partial charge >= 0.3 is 6.03 Å². The van der Waals surface area contributed by atoms with Gasteiger partial charge in [-0.15, -0.1) is 6.58 Å². The highest BCUT2D eigenvalue weighted by Gasteiger charge is 2.47. The molecule has 4 unspecified atom stereocenters. The van der Waals surface area contributed by atoms with Crippen molar-refractivity contribution >= 4 is 18.0 Å². The van der Waals surface area contributed by atoms with Crippen molar-refractivity contribution in [3.8, 4) is 0 Å². The minimum Gasteiger partial charge on any atom is -0.394 e. The summed E-state index contributed by atoms with van der Waals surface area (Å²) in [4.78, 5) is 11.5. The molecule has 9 heteroatoms. The highest BCUT2D eigenvalue weighted by atomic mass is 32.2. The van der Waals surface area contributed by atoms with Gasteiger partial charge < -0.3 is 31.1 Å². The maximum absolute atomic E-state index is 11.5. The Morgan fingerprint density at radius 1 is 1.50 bits per heavy atom. The Bertz CT molecular complexity index is 346. The highest BCUT2D eigenvalue weighted by molar-refractivity contribution is 7.98. The molecule has 116 valence electrons. The van der Waals surface area contributed by atoms with E-state index < -0.39 is 36.5 Å². The Balaban J connectivity index is 2.53. The molecule has 0 spiro atoms. The van der Waals surface area contributed by atoms with Crippen molar-refractivity contribution in [3.05, 3.63) is 12.7 Å². The molecule has 1 rings (SSSR count). The molecule has 20 heavy (non-hydrogen) atoms. The van der Waals surface area contributed by atoms with Crippen LogP contribution in [0.1, 0.15) is 0 Å². The first-order valence-corrected chi connectivity index (χ1v) is 7.12. The van der Waals surface area contributed by atoms with Crippen molar-refractivity contribution in [2.75, 3.05) is 25.4 Å². The number of rotatable bonds is 6. The summed E-state index contributed by atoms with van der Waals surface area (Å²) in [5, 5.41) is 43.7. The van der Waals surface area contributed by atoms with E-state index in [0.717, 1.165) is 11.9 Å². The minimum atomic E-state index is -1.41. The van der Waals surface area contributed by atoms with Crippen molar-refractivity contribution in [2.24, 2.45) is 0 Å². The van der Waals surface area contributed by atoms with Crippen molar-refractivity contribution in [2.45, 2.75) is 23.9 Å². The second-order valence-electron chi connectivity index (χ2n) is 4.58. The van der Waals surface area contributed by atoms with Crippen LogP contribution in [0.2, 0.25) is 0 Å². The molecule has 0 aromatic heterocycles. The number of carbonyl (C=O) groups is 1. The summed E-state index contributed by atoms with van der Waals surface area (Å²) in [5.41, 5.74) is -1.29. The predicted molar refractivity (Wildman–Crippen MR) is 75.0 cm³/mol. The van der Waals surface area contributed by atoms with Gasteiger partial charge in [0.1, 0.15) is 12.2 Å². The Morgan fingerprint density at radius 2 is 2.20 bits per heavy atom. The van der Waals surface area contributed by atoms with Gasteiger partial charge in [-0.2, -0.15) is 0 Å². The number of amides is 2. The number of urea groups is 1. The number of aliphatic hydroxyl groups excluding tert-OH is 4. The molecule has 1 saturated heterocycles. The Kier molecular flexibility index (Phi) is 6.72. The summed E-state index contributed by atoms with van der Waals surface area (Å²) in [5.74, 6) is 0.546. The van der Waals surface area contributed by atoms with Crippen LogP contribution >= 0.6 is 11.9 Å². The fourth-order valence-corrected chi connectivity index (χ4v) is 2.29. The molecule has 1 fully saturated rings. The van der Waals surface area contributed by atoms with Crippen LogP contribution in [0.15, 0.2) is 12.7 Å². The molecule has 1 aliphatic rings. The molecule has 0 radical (unpaired) electrons. The predicted octanol–water partition coefficient (Wildman–Crippen LogP) is -2.46. The quantitative estimate of drug-likeness (QED) is 0.164. The lowest BCUT2D eigenvalue weighted by atomic mass is 9.83. The normalized spacial score (nSPS) is 33.5. The smallest absolute Gasteiger partial charge is 0.324 e. The average Bonchev–Trinajstić information content (AvgIpc) is 2.45. The van der Waals surface area contributed by atoms with Crippen LogP contribution in [0.4, 0.5) is 4.79 Å². The lowest BCUT2D eigenvalue weighted by Gasteiger charge is -2.45. The van der Waals surface area contributed by atoms with Gasteiger partial charge in [0.05, 0.1) is 18.2 Å². The van der Waals surface area contributed by atoms with Crippen molar-refractivity contribution in [1.82, 2.24) is 15.4 Å². The van der Waals surface area contributed by atoms with E-state index in [4.69, 9.17) is 0 Å². The lowest BCUT2D eigenvalue weighted by molar-refractivity contribution is -0.131. The number of hydrogen-bond donors (Lipinski definition) is 7. The van der Waals surface area contributed by atoms with Gasteiger partial charge in [-0.1, -0.05) is 6.08 Å². The summed E-state index contributed by atoms with van der Waals surface area (Å²) in [6.45, 7) is 2.91. The zero-order valence-electron chi connectivity index (χ0n) is 11.0. The Morgan fingerprint density at radius 3 is 2.80 bits per heavy atom. The van der Waals surface area contributed by atoms with E-state index in [1.807, 2.05) is 0 Å². The summed E-state index contributed by atoms with van der Waals surface area (Å²) < 4.78 is 2.49. The molecule has 8 nitrogen and oxygen atoms in total. The van der Waals surface area contributed by atoms with E-state index in [1.165, 1.54) is 0 Å². The standard InChI is InChI=1S/C11H21N3O5S/c1-2-3-20-14-10(19)12-5-11(6-15)9(18)8(17)7(16)4-13-11/h2,7-9,13,15-18H,1,3-6H2,(H2,12,14,19). The first kappa shape index (κ1) is 17.2. The first-order chi connectivity index (χ1) is 9.46. The van der Waals surface area contributed by atoms with Crippen LogP contribution in [-0.2, 0) is 0 Å². The minimum absolute atomic E-state index is 0.00724. The summed E-state index contributed by atoms with van der Waals surface area (Å²) in [7, 11) is 0. The molecule has 0 aliphatic carbocycles. The molecule has 2 amide bonds. The molecule has 1 heterocycles. The van der Waals surface area contributed by atoms with Crippen molar-refractivity contribution < 1.29 is 25.2 Å². The first-order valence-electron chi connectivity index (χ1n) is 6.13. The number of nitrogens with one attached hydrogen (secondary N) is 3. The molecule has 0 saturated carbocycles. The third-order valence-electron chi connectivity index (χ3n) is 3.16. The van der Waals surface area contributed by atoms with E-state index in [-0.39, 0.29) is 13.1 Å². The molecular formula is C11H21N3O5S. The number of carbonyl (C=O) groups excluding carboxylic acids is 1. The Hall–Kier alpha value is -0.840. The zero-order chi connectivity index (χ0) is 15.2. The van der Waals surface area contributed by atoms with Gasteiger partial charge in [-0.25, -0.2) is 4.79 Å². The van der Waals surface area contributed by atoms with Gasteiger partial charge in [0.15, 0.2) is 0 Å². The van der Waals surface area contributed by atoms with Crippen LogP contribution in [0, 0.1) is 0 Å². The van der Waals surface area contributed by atoms with Crippen LogP contribution in [0.5, 0.6) is 0 Å². The number of piperidine rings is 1. The highest BCUT2D eigenvalue weighted by Crippen LogP contribution is 2.20. The number of aliphatic hydroxyl groups is 4. The topological polar surface area (TPSA) is 134 Å². The maximum Gasteiger partial charge on any atom is 0.324 e. The van der Waals surface area contributed by atoms with Gasteiger partial charge in [0, 0.05) is 18.8 Å². The molecule has 0 bridgehead atoms. The van der Waals surface area contributed by atoms with Crippen LogP contribution in [0.25, 0.3) is 0 Å².